The Labute approximate surface area is 252 Å². The molecule has 0 nitrogen and oxygen atoms in total. The summed E-state index contributed by atoms with van der Waals surface area (Å²) in [5.74, 6) is 0. The molecule has 200 valence electrons. The summed E-state index contributed by atoms with van der Waals surface area (Å²) in [6.45, 7) is 0. The first-order valence-electron chi connectivity index (χ1n) is 15.4. The second-order valence-electron chi connectivity index (χ2n) is 12.4. The van der Waals surface area contributed by atoms with Crippen LogP contribution in [0.15, 0.2) is 146 Å². The summed E-state index contributed by atoms with van der Waals surface area (Å²) in [6.07, 6.45) is 0. The Balaban J connectivity index is 0.000000112. The van der Waals surface area contributed by atoms with Crippen molar-refractivity contribution in [3.05, 3.63) is 146 Å². The third-order valence-corrected chi connectivity index (χ3v) is 10.3. The van der Waals surface area contributed by atoms with Gasteiger partial charge in [0.2, 0.25) is 0 Å². The highest BCUT2D eigenvalue weighted by molar-refractivity contribution is 6.44. The number of rotatable bonds is 0. The number of hydrogen-bond donors (Lipinski definition) is 0. The molecule has 0 aromatic heterocycles. The highest BCUT2D eigenvalue weighted by Crippen LogP contribution is 2.48. The minimum Gasteiger partial charge on any atom is -0.0610 e. The van der Waals surface area contributed by atoms with Gasteiger partial charge in [-0.1, -0.05) is 146 Å². The van der Waals surface area contributed by atoms with E-state index in [0.717, 1.165) is 0 Å². The van der Waals surface area contributed by atoms with Crippen molar-refractivity contribution in [1.29, 1.82) is 0 Å². The summed E-state index contributed by atoms with van der Waals surface area (Å²) in [5, 5.41) is 27.6. The Morgan fingerprint density at radius 2 is 0.341 bits per heavy atom. The van der Waals surface area contributed by atoms with Crippen LogP contribution in [0.3, 0.4) is 0 Å². The van der Waals surface area contributed by atoms with Crippen molar-refractivity contribution in [2.45, 2.75) is 0 Å². The molecular weight excluding hydrogens is 528 g/mol. The van der Waals surface area contributed by atoms with Gasteiger partial charge < -0.3 is 0 Å². The minimum absolute atomic E-state index is 1.33. The predicted molar refractivity (Wildman–Crippen MR) is 193 cm³/mol. The van der Waals surface area contributed by atoms with E-state index in [4.69, 9.17) is 0 Å². The number of fused-ring (bicyclic) bond motifs is 2. The third kappa shape index (κ3) is 2.74. The molecule has 0 atom stereocenters. The van der Waals surface area contributed by atoms with E-state index in [2.05, 4.69) is 146 Å². The van der Waals surface area contributed by atoms with Crippen molar-refractivity contribution < 1.29 is 0 Å². The maximum Gasteiger partial charge on any atom is -0.00139 e. The Bertz CT molecular complexity index is 2470. The number of hydrogen-bond acceptors (Lipinski definition) is 0. The van der Waals surface area contributed by atoms with Gasteiger partial charge in [-0.25, -0.2) is 0 Å². The molecule has 0 aliphatic heterocycles. The van der Waals surface area contributed by atoms with Crippen LogP contribution in [0.1, 0.15) is 0 Å². The Hall–Kier alpha value is -5.72. The summed E-state index contributed by atoms with van der Waals surface area (Å²) in [6, 6.07) is 53.7. The molecule has 0 spiro atoms. The third-order valence-electron chi connectivity index (χ3n) is 10.3. The van der Waals surface area contributed by atoms with Crippen molar-refractivity contribution in [2.75, 3.05) is 0 Å². The summed E-state index contributed by atoms with van der Waals surface area (Å²) in [5.41, 5.74) is 0. The molecule has 44 heavy (non-hydrogen) atoms. The van der Waals surface area contributed by atoms with Gasteiger partial charge in [-0.05, 0) is 108 Å². The monoisotopic (exact) mass is 552 g/mol. The maximum atomic E-state index is 2.27. The zero-order valence-electron chi connectivity index (χ0n) is 23.9. The molecule has 0 heterocycles. The van der Waals surface area contributed by atoms with Gasteiger partial charge in [-0.3, -0.25) is 0 Å². The molecule has 0 aliphatic rings. The SMILES string of the molecule is c1cc2ccc3ccc4ccc5ccc6ccc1c1c2c3c4c5c61.c1cc2cccc3c4cccc5cccc(c(c1)c23)c54. The van der Waals surface area contributed by atoms with Gasteiger partial charge in [-0.15, -0.1) is 0 Å². The van der Waals surface area contributed by atoms with Crippen molar-refractivity contribution in [2.24, 2.45) is 0 Å². The molecule has 12 rings (SSSR count). The molecule has 0 saturated carbocycles. The summed E-state index contributed by atoms with van der Waals surface area (Å²) >= 11 is 0. The van der Waals surface area contributed by atoms with Crippen LogP contribution >= 0.6 is 0 Å². The molecule has 0 heteroatoms. The zero-order valence-corrected chi connectivity index (χ0v) is 23.9. The molecule has 0 bridgehead atoms. The van der Waals surface area contributed by atoms with Gasteiger partial charge in [0.05, 0.1) is 0 Å². The quantitative estimate of drug-likeness (QED) is 0.130. The maximum absolute atomic E-state index is 2.27. The van der Waals surface area contributed by atoms with Crippen LogP contribution in [-0.2, 0) is 0 Å². The highest BCUT2D eigenvalue weighted by Gasteiger charge is 2.19. The van der Waals surface area contributed by atoms with Crippen LogP contribution in [0.25, 0.3) is 108 Å². The first kappa shape index (κ1) is 22.8. The fraction of sp³-hybridized carbons (Fsp3) is 0. The minimum atomic E-state index is 1.33. The van der Waals surface area contributed by atoms with E-state index < -0.39 is 0 Å². The van der Waals surface area contributed by atoms with Gasteiger partial charge in [0.1, 0.15) is 0 Å². The molecule has 0 aliphatic carbocycles. The topological polar surface area (TPSA) is 0 Å². The van der Waals surface area contributed by atoms with E-state index in [1.807, 2.05) is 0 Å². The number of benzene rings is 12. The summed E-state index contributed by atoms with van der Waals surface area (Å²) < 4.78 is 0. The molecule has 0 radical (unpaired) electrons. The van der Waals surface area contributed by atoms with E-state index in [-0.39, 0.29) is 0 Å². The lowest BCUT2D eigenvalue weighted by Gasteiger charge is -2.20. The Morgan fingerprint density at radius 1 is 0.159 bits per heavy atom. The van der Waals surface area contributed by atoms with Crippen LogP contribution in [0.2, 0.25) is 0 Å². The van der Waals surface area contributed by atoms with Gasteiger partial charge in [0.25, 0.3) is 0 Å². The lowest BCUT2D eigenvalue weighted by atomic mass is 9.83. The van der Waals surface area contributed by atoms with E-state index in [9.17, 15) is 0 Å². The standard InChI is InChI=1S/C24H12.C20H12/c1-2-14-5-6-16-9-11-18-12-10-17-8-7-15-4-3-13(1)19-20(14)22(16)24(18)23(17)21(15)19;1-5-13-6-2-11-17-18-12-4-8-14-7-3-10-16(20(14)18)15(9-1)19(13)17/h1-12H;1-12H. The van der Waals surface area contributed by atoms with E-state index in [0.29, 0.717) is 0 Å². The van der Waals surface area contributed by atoms with Gasteiger partial charge in [0.15, 0.2) is 0 Å². The van der Waals surface area contributed by atoms with Crippen LogP contribution < -0.4 is 0 Å². The first-order chi connectivity index (χ1) is 21.8. The lowest BCUT2D eigenvalue weighted by Crippen LogP contribution is -1.91. The van der Waals surface area contributed by atoms with Gasteiger partial charge in [0, 0.05) is 0 Å². The van der Waals surface area contributed by atoms with Crippen LogP contribution in [0.5, 0.6) is 0 Å². The molecule has 0 fully saturated rings. The van der Waals surface area contributed by atoms with Crippen LogP contribution in [0.4, 0.5) is 0 Å². The fourth-order valence-electron chi connectivity index (χ4n) is 8.47. The second-order valence-corrected chi connectivity index (χ2v) is 12.4. The molecule has 0 saturated heterocycles. The Kier molecular flexibility index (Phi) is 4.15. The smallest absolute Gasteiger partial charge is 0.00139 e. The van der Waals surface area contributed by atoms with Crippen molar-refractivity contribution in [1.82, 2.24) is 0 Å². The van der Waals surface area contributed by atoms with Crippen molar-refractivity contribution in [3.63, 3.8) is 0 Å². The van der Waals surface area contributed by atoms with E-state index in [1.54, 1.807) is 0 Å². The normalized spacial score (nSPS) is 12.5. The van der Waals surface area contributed by atoms with Crippen LogP contribution in [-0.4, -0.2) is 0 Å². The molecule has 0 amide bonds. The molecule has 12 aromatic rings. The van der Waals surface area contributed by atoms with E-state index >= 15 is 0 Å². The average molecular weight is 553 g/mol. The summed E-state index contributed by atoms with van der Waals surface area (Å²) in [7, 11) is 0. The van der Waals surface area contributed by atoms with Crippen LogP contribution in [0, 0.1) is 0 Å². The zero-order chi connectivity index (χ0) is 28.5. The predicted octanol–water partition coefficient (Wildman–Crippen LogP) is 12.7. The molecule has 0 unspecified atom stereocenters. The second kappa shape index (κ2) is 8.01. The first-order valence-corrected chi connectivity index (χ1v) is 15.4. The average Bonchev–Trinajstić information content (AvgIpc) is 3.09. The fourth-order valence-corrected chi connectivity index (χ4v) is 8.47. The van der Waals surface area contributed by atoms with Gasteiger partial charge >= 0.3 is 0 Å². The highest BCUT2D eigenvalue weighted by atomic mass is 14.2. The van der Waals surface area contributed by atoms with Crippen molar-refractivity contribution in [3.8, 4) is 0 Å². The molecular formula is C44H24. The van der Waals surface area contributed by atoms with E-state index in [1.165, 1.54) is 108 Å². The largest absolute Gasteiger partial charge is 0.0610 e. The molecule has 0 N–H and O–H groups in total. The lowest BCUT2D eigenvalue weighted by molar-refractivity contribution is 1.78. The van der Waals surface area contributed by atoms with Crippen molar-refractivity contribution >= 4 is 108 Å². The molecule has 12 aromatic carbocycles. The van der Waals surface area contributed by atoms with Gasteiger partial charge in [-0.2, -0.15) is 0 Å². The summed E-state index contributed by atoms with van der Waals surface area (Å²) in [4.78, 5) is 0. The Morgan fingerprint density at radius 3 is 0.545 bits per heavy atom.